The van der Waals surface area contributed by atoms with E-state index in [1.807, 2.05) is 49.6 Å². The summed E-state index contributed by atoms with van der Waals surface area (Å²) in [5, 5.41) is 7.51. The quantitative estimate of drug-likeness (QED) is 0.397. The molecule has 0 unspecified atom stereocenters. The Balaban J connectivity index is 1.47. The number of rotatable bonds is 8. The summed E-state index contributed by atoms with van der Waals surface area (Å²) in [6.45, 7) is 0. The van der Waals surface area contributed by atoms with Gasteiger partial charge in [0.25, 0.3) is 0 Å². The van der Waals surface area contributed by atoms with Crippen LogP contribution in [-0.4, -0.2) is 32.9 Å². The third-order valence-corrected chi connectivity index (χ3v) is 5.82. The first-order valence-electron chi connectivity index (χ1n) is 11.0. The Morgan fingerprint density at radius 3 is 2.78 bits per heavy atom. The molecule has 4 aromatic rings. The van der Waals surface area contributed by atoms with Crippen LogP contribution in [-0.2, 0) is 17.6 Å². The summed E-state index contributed by atoms with van der Waals surface area (Å²) in [4.78, 5) is 30.1. The number of nitrogens with zero attached hydrogens (tertiary/aromatic N) is 3. The molecule has 0 saturated heterocycles. The van der Waals surface area contributed by atoms with E-state index < -0.39 is 0 Å². The maximum absolute atomic E-state index is 13.0. The van der Waals surface area contributed by atoms with E-state index in [0.717, 1.165) is 52.3 Å². The molecular formula is C25H26N6O. The van der Waals surface area contributed by atoms with Gasteiger partial charge in [0.1, 0.15) is 11.6 Å². The highest BCUT2D eigenvalue weighted by Gasteiger charge is 2.29. The Labute approximate surface area is 186 Å². The fraction of sp³-hybridized carbons (Fsp3) is 0.280. The third kappa shape index (κ3) is 4.46. The fourth-order valence-electron chi connectivity index (χ4n) is 3.98. The lowest BCUT2D eigenvalue weighted by atomic mass is 10.0. The Kier molecular flexibility index (Phi) is 5.54. The average molecular weight is 427 g/mol. The van der Waals surface area contributed by atoms with Crippen molar-refractivity contribution in [1.29, 1.82) is 0 Å². The molecule has 0 aliphatic heterocycles. The van der Waals surface area contributed by atoms with Crippen LogP contribution in [0.2, 0.25) is 0 Å². The van der Waals surface area contributed by atoms with Gasteiger partial charge in [-0.05, 0) is 36.6 Å². The smallest absolute Gasteiger partial charge is 0.226 e. The second-order valence-corrected chi connectivity index (χ2v) is 8.24. The summed E-state index contributed by atoms with van der Waals surface area (Å²) in [5.74, 6) is 1.97. The first kappa shape index (κ1) is 20.2. The number of aromatic nitrogens is 4. The summed E-state index contributed by atoms with van der Waals surface area (Å²) in [7, 11) is 1.86. The zero-order valence-electron chi connectivity index (χ0n) is 18.0. The van der Waals surface area contributed by atoms with Crippen molar-refractivity contribution in [2.75, 3.05) is 12.4 Å². The number of benzene rings is 1. The van der Waals surface area contributed by atoms with Crippen LogP contribution < -0.4 is 10.6 Å². The Bertz CT molecular complexity index is 1230. The van der Waals surface area contributed by atoms with Crippen molar-refractivity contribution >= 4 is 22.6 Å². The molecule has 32 heavy (non-hydrogen) atoms. The summed E-state index contributed by atoms with van der Waals surface area (Å²) in [6, 6.07) is 15.5. The van der Waals surface area contributed by atoms with Crippen molar-refractivity contribution in [3.8, 4) is 0 Å². The molecule has 0 spiro atoms. The SMILES string of the molecule is CNc1cc([C@@H](Cc2c[nH]c3ccccc23)NC(=O)Cc2ccccn2)nc(C2CC2)n1. The normalized spacial score (nSPS) is 14.3. The van der Waals surface area contributed by atoms with E-state index in [9.17, 15) is 4.79 Å². The Morgan fingerprint density at radius 2 is 2.00 bits per heavy atom. The van der Waals surface area contributed by atoms with Gasteiger partial charge in [-0.15, -0.1) is 0 Å². The lowest BCUT2D eigenvalue weighted by molar-refractivity contribution is -0.121. The molecule has 1 fully saturated rings. The highest BCUT2D eigenvalue weighted by Crippen LogP contribution is 2.39. The van der Waals surface area contributed by atoms with Crippen molar-refractivity contribution in [2.24, 2.45) is 0 Å². The summed E-state index contributed by atoms with van der Waals surface area (Å²) < 4.78 is 0. The minimum atomic E-state index is -0.280. The van der Waals surface area contributed by atoms with Crippen LogP contribution in [0, 0.1) is 0 Å². The number of pyridine rings is 1. The molecule has 5 rings (SSSR count). The number of para-hydroxylation sites is 1. The van der Waals surface area contributed by atoms with Gasteiger partial charge in [-0.25, -0.2) is 9.97 Å². The third-order valence-electron chi connectivity index (χ3n) is 5.82. The molecule has 0 radical (unpaired) electrons. The van der Waals surface area contributed by atoms with Gasteiger partial charge in [0.05, 0.1) is 18.2 Å². The average Bonchev–Trinajstić information content (AvgIpc) is 3.60. The molecule has 1 aliphatic rings. The number of aromatic amines is 1. The first-order chi connectivity index (χ1) is 15.7. The molecule has 3 N–H and O–H groups in total. The number of carbonyl (C=O) groups excluding carboxylic acids is 1. The number of amides is 1. The molecule has 1 saturated carbocycles. The number of H-pyrrole nitrogens is 1. The van der Waals surface area contributed by atoms with Gasteiger partial charge < -0.3 is 15.6 Å². The molecule has 1 aromatic carbocycles. The van der Waals surface area contributed by atoms with Crippen molar-refractivity contribution < 1.29 is 4.79 Å². The van der Waals surface area contributed by atoms with Crippen LogP contribution in [0.25, 0.3) is 10.9 Å². The Hall–Kier alpha value is -3.74. The number of hydrogen-bond donors (Lipinski definition) is 3. The van der Waals surface area contributed by atoms with Crippen LogP contribution in [0.1, 0.15) is 47.6 Å². The minimum absolute atomic E-state index is 0.0777. The Morgan fingerprint density at radius 1 is 1.16 bits per heavy atom. The van der Waals surface area contributed by atoms with E-state index in [2.05, 4.69) is 37.7 Å². The van der Waals surface area contributed by atoms with Crippen LogP contribution in [0.3, 0.4) is 0 Å². The molecule has 162 valence electrons. The van der Waals surface area contributed by atoms with E-state index >= 15 is 0 Å². The van der Waals surface area contributed by atoms with E-state index in [0.29, 0.717) is 12.3 Å². The van der Waals surface area contributed by atoms with Crippen molar-refractivity contribution in [1.82, 2.24) is 25.3 Å². The van der Waals surface area contributed by atoms with Gasteiger partial charge in [-0.2, -0.15) is 0 Å². The maximum atomic E-state index is 13.0. The van der Waals surface area contributed by atoms with E-state index in [-0.39, 0.29) is 18.4 Å². The van der Waals surface area contributed by atoms with Gasteiger partial charge in [0.2, 0.25) is 5.91 Å². The number of hydrogen-bond acceptors (Lipinski definition) is 5. The van der Waals surface area contributed by atoms with Crippen LogP contribution in [0.4, 0.5) is 5.82 Å². The van der Waals surface area contributed by atoms with E-state index in [1.54, 1.807) is 6.20 Å². The molecule has 1 amide bonds. The van der Waals surface area contributed by atoms with E-state index in [1.165, 1.54) is 0 Å². The first-order valence-corrected chi connectivity index (χ1v) is 11.0. The molecule has 1 aliphatic carbocycles. The summed E-state index contributed by atoms with van der Waals surface area (Å²) >= 11 is 0. The molecule has 3 aromatic heterocycles. The lowest BCUT2D eigenvalue weighted by Crippen LogP contribution is -2.32. The van der Waals surface area contributed by atoms with Gasteiger partial charge in [0.15, 0.2) is 0 Å². The second kappa shape index (κ2) is 8.78. The predicted molar refractivity (Wildman–Crippen MR) is 124 cm³/mol. The van der Waals surface area contributed by atoms with Gasteiger partial charge in [-0.3, -0.25) is 9.78 Å². The van der Waals surface area contributed by atoms with Crippen LogP contribution in [0.5, 0.6) is 0 Å². The molecule has 1 atom stereocenters. The van der Waals surface area contributed by atoms with Crippen molar-refractivity contribution in [3.05, 3.63) is 83.7 Å². The predicted octanol–water partition coefficient (Wildman–Crippen LogP) is 3.91. The number of nitrogens with one attached hydrogen (secondary N) is 3. The maximum Gasteiger partial charge on any atom is 0.226 e. The van der Waals surface area contributed by atoms with Gasteiger partial charge in [0, 0.05) is 54.4 Å². The number of fused-ring (bicyclic) bond motifs is 1. The van der Waals surface area contributed by atoms with Crippen LogP contribution >= 0.6 is 0 Å². The zero-order chi connectivity index (χ0) is 21.9. The molecule has 7 heteroatoms. The number of anilines is 1. The standard InChI is InChI=1S/C25H26N6O/c1-26-23-14-22(30-25(31-23)16-9-10-16)21(29-24(32)13-18-6-4-5-11-27-18)12-17-15-28-20-8-3-2-7-19(17)20/h2-8,11,14-16,21,28H,9-10,12-13H2,1H3,(H,29,32)(H,26,30,31)/t21-/m1/s1. The molecular weight excluding hydrogens is 400 g/mol. The highest BCUT2D eigenvalue weighted by atomic mass is 16.1. The molecule has 3 heterocycles. The minimum Gasteiger partial charge on any atom is -0.373 e. The van der Waals surface area contributed by atoms with E-state index in [4.69, 9.17) is 4.98 Å². The molecule has 7 nitrogen and oxygen atoms in total. The van der Waals surface area contributed by atoms with Crippen molar-refractivity contribution in [3.63, 3.8) is 0 Å². The fourth-order valence-corrected chi connectivity index (χ4v) is 3.98. The topological polar surface area (TPSA) is 95.6 Å². The molecule has 0 bridgehead atoms. The highest BCUT2D eigenvalue weighted by molar-refractivity contribution is 5.83. The lowest BCUT2D eigenvalue weighted by Gasteiger charge is -2.20. The number of carbonyl (C=O) groups is 1. The van der Waals surface area contributed by atoms with Crippen LogP contribution in [0.15, 0.2) is 60.9 Å². The van der Waals surface area contributed by atoms with Crippen molar-refractivity contribution in [2.45, 2.75) is 37.6 Å². The van der Waals surface area contributed by atoms with Gasteiger partial charge >= 0.3 is 0 Å². The summed E-state index contributed by atoms with van der Waals surface area (Å²) in [6.07, 6.45) is 6.81. The largest absolute Gasteiger partial charge is 0.373 e. The van der Waals surface area contributed by atoms with Gasteiger partial charge in [-0.1, -0.05) is 24.3 Å². The second-order valence-electron chi connectivity index (χ2n) is 8.24. The monoisotopic (exact) mass is 426 g/mol. The summed E-state index contributed by atoms with van der Waals surface area (Å²) in [5.41, 5.74) is 3.79. The zero-order valence-corrected chi connectivity index (χ0v) is 18.0.